The Bertz CT molecular complexity index is 216. The number of esters is 1. The normalized spacial score (nSPS) is 31.9. The van der Waals surface area contributed by atoms with Crippen molar-refractivity contribution in [3.05, 3.63) is 12.7 Å². The topological polar surface area (TPSA) is 35.5 Å². The maximum atomic E-state index is 12.3. The van der Waals surface area contributed by atoms with Gasteiger partial charge < -0.3 is 4.74 Å². The molecule has 3 nitrogen and oxygen atoms in total. The summed E-state index contributed by atoms with van der Waals surface area (Å²) in [5, 5.41) is 0. The molecule has 0 aromatic heterocycles. The Balaban J connectivity index is 2.47. The summed E-state index contributed by atoms with van der Waals surface area (Å²) in [6.07, 6.45) is -4.14. The van der Waals surface area contributed by atoms with Crippen molar-refractivity contribution >= 4 is 5.97 Å². The van der Waals surface area contributed by atoms with E-state index in [1.807, 2.05) is 0 Å². The second-order valence-corrected chi connectivity index (χ2v) is 2.10. The Morgan fingerprint density at radius 1 is 1.67 bits per heavy atom. The third-order valence-corrected chi connectivity index (χ3v) is 1.25. The first-order valence-electron chi connectivity index (χ1n) is 2.99. The zero-order valence-electron chi connectivity index (χ0n) is 5.80. The molecule has 6 heteroatoms. The number of ether oxygens (including phenoxy) is 2. The molecule has 1 saturated heterocycles. The van der Waals surface area contributed by atoms with Gasteiger partial charge in [0.2, 0.25) is 0 Å². The molecule has 1 fully saturated rings. The number of hydrogen-bond acceptors (Lipinski definition) is 3. The van der Waals surface area contributed by atoms with Gasteiger partial charge in [-0.25, -0.2) is 9.18 Å². The Kier molecular flexibility index (Phi) is 2.10. The predicted molar refractivity (Wildman–Crippen MR) is 31.0 cm³/mol. The molecule has 0 spiro atoms. The summed E-state index contributed by atoms with van der Waals surface area (Å²) in [5.41, 5.74) is 0. The van der Waals surface area contributed by atoms with E-state index in [-0.39, 0.29) is 0 Å². The van der Waals surface area contributed by atoms with Gasteiger partial charge in [-0.15, -0.1) is 0 Å². The average Bonchev–Trinajstić information content (AvgIpc) is 2.03. The van der Waals surface area contributed by atoms with Crippen LogP contribution in [0, 0.1) is 0 Å². The minimum Gasteiger partial charge on any atom is -0.426 e. The summed E-state index contributed by atoms with van der Waals surface area (Å²) in [4.78, 5) is 10.3. The van der Waals surface area contributed by atoms with Crippen LogP contribution in [0.2, 0.25) is 0 Å². The van der Waals surface area contributed by atoms with Crippen molar-refractivity contribution in [3.63, 3.8) is 0 Å². The van der Waals surface area contributed by atoms with Gasteiger partial charge in [-0.3, -0.25) is 4.74 Å². The third-order valence-electron chi connectivity index (χ3n) is 1.25. The van der Waals surface area contributed by atoms with Crippen molar-refractivity contribution in [2.45, 2.75) is 18.6 Å². The number of alkyl halides is 3. The van der Waals surface area contributed by atoms with Gasteiger partial charge in [0, 0.05) is 6.08 Å². The minimum absolute atomic E-state index is 0.686. The number of rotatable bonds is 2. The highest BCUT2D eigenvalue weighted by molar-refractivity contribution is 5.81. The molecule has 0 aromatic carbocycles. The molecule has 2 atom stereocenters. The largest absolute Gasteiger partial charge is 0.426 e. The Labute approximate surface area is 65.8 Å². The number of carbonyl (C=O) groups is 1. The summed E-state index contributed by atoms with van der Waals surface area (Å²) in [5.74, 6) is -4.83. The molecular weight excluding hydrogens is 177 g/mol. The van der Waals surface area contributed by atoms with Crippen molar-refractivity contribution in [1.82, 2.24) is 0 Å². The summed E-state index contributed by atoms with van der Waals surface area (Å²) >= 11 is 0. The molecule has 0 aliphatic carbocycles. The van der Waals surface area contributed by atoms with Crippen LogP contribution in [-0.2, 0) is 14.3 Å². The van der Waals surface area contributed by atoms with Crippen LogP contribution < -0.4 is 0 Å². The van der Waals surface area contributed by atoms with E-state index >= 15 is 0 Å². The van der Waals surface area contributed by atoms with Crippen LogP contribution in [0.25, 0.3) is 0 Å². The highest BCUT2D eigenvalue weighted by Crippen LogP contribution is 2.39. The van der Waals surface area contributed by atoms with Gasteiger partial charge in [-0.05, 0) is 0 Å². The van der Waals surface area contributed by atoms with Crippen LogP contribution in [-0.4, -0.2) is 24.5 Å². The van der Waals surface area contributed by atoms with Crippen LogP contribution in [0.1, 0.15) is 0 Å². The molecule has 0 radical (unpaired) electrons. The Morgan fingerprint density at radius 3 is 2.58 bits per heavy atom. The first-order valence-corrected chi connectivity index (χ1v) is 2.99. The van der Waals surface area contributed by atoms with Crippen LogP contribution >= 0.6 is 0 Å². The van der Waals surface area contributed by atoms with Gasteiger partial charge in [0.05, 0.1) is 0 Å². The fourth-order valence-corrected chi connectivity index (χ4v) is 0.585. The van der Waals surface area contributed by atoms with E-state index < -0.39 is 24.5 Å². The monoisotopic (exact) mass is 182 g/mol. The van der Waals surface area contributed by atoms with E-state index in [9.17, 15) is 18.0 Å². The standard InChI is InChI=1S/C6H5F3O3/c1-2-3(10)11-5-6(8,9)4(7)12-5/h2,4-5H,1H2. The molecule has 1 aliphatic rings. The van der Waals surface area contributed by atoms with E-state index in [2.05, 4.69) is 16.1 Å². The van der Waals surface area contributed by atoms with Gasteiger partial charge in [0.15, 0.2) is 0 Å². The van der Waals surface area contributed by atoms with Crippen molar-refractivity contribution in [2.75, 3.05) is 0 Å². The molecule has 0 aromatic rings. The molecule has 1 heterocycles. The molecule has 0 N–H and O–H groups in total. The predicted octanol–water partition coefficient (Wildman–Crippen LogP) is 1.00. The fourth-order valence-electron chi connectivity index (χ4n) is 0.585. The molecule has 0 saturated carbocycles. The lowest BCUT2D eigenvalue weighted by Gasteiger charge is -2.37. The summed E-state index contributed by atoms with van der Waals surface area (Å²) in [6.45, 7) is 2.97. The molecule has 0 bridgehead atoms. The van der Waals surface area contributed by atoms with E-state index in [1.165, 1.54) is 0 Å². The number of halogens is 3. The fraction of sp³-hybridized carbons (Fsp3) is 0.500. The highest BCUT2D eigenvalue weighted by atomic mass is 19.3. The van der Waals surface area contributed by atoms with Crippen molar-refractivity contribution < 1.29 is 27.4 Å². The molecule has 1 aliphatic heterocycles. The van der Waals surface area contributed by atoms with Crippen LogP contribution in [0.15, 0.2) is 12.7 Å². The second-order valence-electron chi connectivity index (χ2n) is 2.10. The smallest absolute Gasteiger partial charge is 0.363 e. The van der Waals surface area contributed by atoms with Crippen LogP contribution in [0.4, 0.5) is 13.2 Å². The summed E-state index contributed by atoms with van der Waals surface area (Å²) in [7, 11) is 0. The zero-order chi connectivity index (χ0) is 9.35. The highest BCUT2D eigenvalue weighted by Gasteiger charge is 2.63. The summed E-state index contributed by atoms with van der Waals surface area (Å²) < 4.78 is 44.2. The van der Waals surface area contributed by atoms with Gasteiger partial charge in [-0.1, -0.05) is 6.58 Å². The van der Waals surface area contributed by atoms with Crippen LogP contribution in [0.3, 0.4) is 0 Å². The van der Waals surface area contributed by atoms with E-state index in [0.29, 0.717) is 6.08 Å². The number of hydrogen-bond donors (Lipinski definition) is 0. The Morgan fingerprint density at radius 2 is 2.25 bits per heavy atom. The van der Waals surface area contributed by atoms with Crippen molar-refractivity contribution in [1.29, 1.82) is 0 Å². The van der Waals surface area contributed by atoms with E-state index in [1.54, 1.807) is 0 Å². The summed E-state index contributed by atoms with van der Waals surface area (Å²) in [6, 6.07) is 0. The lowest BCUT2D eigenvalue weighted by atomic mass is 10.2. The van der Waals surface area contributed by atoms with E-state index in [0.717, 1.165) is 0 Å². The van der Waals surface area contributed by atoms with Crippen molar-refractivity contribution in [2.24, 2.45) is 0 Å². The van der Waals surface area contributed by atoms with Crippen LogP contribution in [0.5, 0.6) is 0 Å². The molecule has 1 rings (SSSR count). The first kappa shape index (κ1) is 9.05. The molecule has 12 heavy (non-hydrogen) atoms. The number of carbonyl (C=O) groups excluding carboxylic acids is 1. The Hall–Kier alpha value is -1.04. The average molecular weight is 182 g/mol. The lowest BCUT2D eigenvalue weighted by Crippen LogP contribution is -2.59. The molecular formula is C6H5F3O3. The zero-order valence-corrected chi connectivity index (χ0v) is 5.80. The maximum absolute atomic E-state index is 12.3. The van der Waals surface area contributed by atoms with Gasteiger partial charge in [0.25, 0.3) is 12.6 Å². The van der Waals surface area contributed by atoms with Gasteiger partial charge in [0.1, 0.15) is 0 Å². The quantitative estimate of drug-likeness (QED) is 0.472. The molecule has 0 amide bonds. The second kappa shape index (κ2) is 2.78. The van der Waals surface area contributed by atoms with Crippen molar-refractivity contribution in [3.8, 4) is 0 Å². The SMILES string of the molecule is C=CC(=O)OC1OC(F)C1(F)F. The molecule has 68 valence electrons. The van der Waals surface area contributed by atoms with Gasteiger partial charge in [-0.2, -0.15) is 8.78 Å². The van der Waals surface area contributed by atoms with Gasteiger partial charge >= 0.3 is 11.9 Å². The molecule has 2 unspecified atom stereocenters. The third kappa shape index (κ3) is 1.29. The maximum Gasteiger partial charge on any atom is 0.363 e. The minimum atomic E-state index is -3.75. The first-order chi connectivity index (χ1) is 5.48. The van der Waals surface area contributed by atoms with E-state index in [4.69, 9.17) is 0 Å². The lowest BCUT2D eigenvalue weighted by molar-refractivity contribution is -0.416.